The summed E-state index contributed by atoms with van der Waals surface area (Å²) in [6, 6.07) is 116. The van der Waals surface area contributed by atoms with Crippen LogP contribution in [0.4, 0.5) is 17.1 Å². The molecule has 0 saturated carbocycles. The van der Waals surface area contributed by atoms with Crippen molar-refractivity contribution in [2.75, 3.05) is 28.8 Å². The van der Waals surface area contributed by atoms with Crippen LogP contribution in [-0.2, 0) is 22.2 Å². The maximum atomic E-state index is 2.80. The molecule has 0 N–H and O–H groups in total. The van der Waals surface area contributed by atoms with Gasteiger partial charge in [0.15, 0.2) is 0 Å². The molecule has 0 amide bonds. The number of hydrogen-bond donors (Lipinski definition) is 0. The summed E-state index contributed by atoms with van der Waals surface area (Å²) in [5.41, 5.74) is 14.0. The van der Waals surface area contributed by atoms with Crippen molar-refractivity contribution in [1.82, 2.24) is 0 Å². The van der Waals surface area contributed by atoms with E-state index in [0.29, 0.717) is 0 Å². The summed E-state index contributed by atoms with van der Waals surface area (Å²) in [5.74, 6) is 0. The molecule has 360 valence electrons. The highest BCUT2D eigenvalue weighted by Gasteiger charge is 2.64. The number of rotatable bonds is 11. The molecule has 0 spiro atoms. The van der Waals surface area contributed by atoms with Gasteiger partial charge in [-0.25, -0.2) is 0 Å². The van der Waals surface area contributed by atoms with E-state index in [9.17, 15) is 0 Å². The van der Waals surface area contributed by atoms with Crippen LogP contribution in [-0.4, -0.2) is 14.1 Å². The third-order valence-corrected chi connectivity index (χ3v) is 16.2. The van der Waals surface area contributed by atoms with Gasteiger partial charge in [-0.2, -0.15) is 0 Å². The largest absolute Gasteiger partial charge is 0.378 e. The van der Waals surface area contributed by atoms with Gasteiger partial charge in [-0.1, -0.05) is 291 Å². The van der Waals surface area contributed by atoms with E-state index in [0.717, 1.165) is 17.1 Å². The van der Waals surface area contributed by atoms with Gasteiger partial charge in [0.1, 0.15) is 22.2 Å². The van der Waals surface area contributed by atoms with E-state index >= 15 is 0 Å². The normalized spacial score (nSPS) is 15.4. The van der Waals surface area contributed by atoms with Gasteiger partial charge in [-0.3, -0.25) is 0 Å². The molecule has 2 aliphatic rings. The molecule has 11 aromatic carbocycles. The van der Waals surface area contributed by atoms with Crippen LogP contribution in [0.25, 0.3) is 0 Å². The van der Waals surface area contributed by atoms with Crippen LogP contribution in [0, 0.1) is 0 Å². The SMILES string of the molecule is CN(C)c1cc(N2C(c3ccccc3)(c3ccccc3)c3ccccc3C2(c2ccccc2)c2ccccc2)cc(N2C(c3ccccc3)(c3ccccc3)c3ccccc3C2(c2ccccc2)c2ccccc2)c1. The van der Waals surface area contributed by atoms with E-state index < -0.39 is 22.2 Å². The molecule has 2 aliphatic heterocycles. The molecule has 0 aliphatic carbocycles. The fourth-order valence-electron chi connectivity index (χ4n) is 13.5. The lowest BCUT2D eigenvalue weighted by molar-refractivity contribution is 0.489. The Morgan fingerprint density at radius 2 is 0.400 bits per heavy atom. The smallest absolute Gasteiger partial charge is 0.118 e. The van der Waals surface area contributed by atoms with E-state index in [1.165, 1.54) is 66.8 Å². The van der Waals surface area contributed by atoms with Crippen LogP contribution in [0.15, 0.2) is 309 Å². The van der Waals surface area contributed by atoms with Crippen molar-refractivity contribution in [2.24, 2.45) is 0 Å². The van der Waals surface area contributed by atoms with E-state index in [1.807, 2.05) is 0 Å². The van der Waals surface area contributed by atoms with Crippen molar-refractivity contribution in [3.8, 4) is 0 Å². The fraction of sp³-hybridized carbons (Fsp3) is 0.0833. The molecule has 75 heavy (non-hydrogen) atoms. The van der Waals surface area contributed by atoms with Gasteiger partial charge in [0, 0.05) is 31.2 Å². The fourth-order valence-corrected chi connectivity index (χ4v) is 13.5. The van der Waals surface area contributed by atoms with E-state index in [4.69, 9.17) is 0 Å². The first kappa shape index (κ1) is 45.7. The summed E-state index contributed by atoms with van der Waals surface area (Å²) in [4.78, 5) is 7.90. The molecule has 0 unspecified atom stereocenters. The lowest BCUT2D eigenvalue weighted by Crippen LogP contribution is -2.55. The molecule has 0 radical (unpaired) electrons. The third-order valence-electron chi connectivity index (χ3n) is 16.2. The minimum absolute atomic E-state index is 0.868. The molecule has 0 bridgehead atoms. The Balaban J connectivity index is 1.26. The monoisotopic (exact) mass is 963 g/mol. The van der Waals surface area contributed by atoms with Gasteiger partial charge >= 0.3 is 0 Å². The quantitative estimate of drug-likeness (QED) is 0.128. The van der Waals surface area contributed by atoms with Gasteiger partial charge in [0.2, 0.25) is 0 Å². The van der Waals surface area contributed by atoms with Crippen molar-refractivity contribution in [2.45, 2.75) is 22.2 Å². The lowest BCUT2D eigenvalue weighted by atomic mass is 9.76. The van der Waals surface area contributed by atoms with Crippen LogP contribution in [0.1, 0.15) is 66.8 Å². The van der Waals surface area contributed by atoms with Gasteiger partial charge in [0.05, 0.1) is 0 Å². The first-order valence-electron chi connectivity index (χ1n) is 26.1. The maximum absolute atomic E-state index is 2.80. The van der Waals surface area contributed by atoms with Gasteiger partial charge in [-0.05, 0) is 85.0 Å². The lowest BCUT2D eigenvalue weighted by Gasteiger charge is -2.53. The first-order chi connectivity index (χ1) is 37.1. The predicted molar refractivity (Wildman–Crippen MR) is 310 cm³/mol. The highest BCUT2D eigenvalue weighted by molar-refractivity contribution is 5.85. The first-order valence-corrected chi connectivity index (χ1v) is 26.1. The molecule has 0 fully saturated rings. The number of fused-ring (bicyclic) bond motifs is 2. The summed E-state index contributed by atoms with van der Waals surface area (Å²) in [7, 11) is 4.37. The Hall–Kier alpha value is -9.18. The second kappa shape index (κ2) is 18.4. The number of anilines is 3. The molecule has 0 aromatic heterocycles. The summed E-state index contributed by atoms with van der Waals surface area (Å²) < 4.78 is 0. The Morgan fingerprint density at radius 1 is 0.227 bits per heavy atom. The molecule has 13 rings (SSSR count). The van der Waals surface area contributed by atoms with E-state index in [1.54, 1.807) is 0 Å². The molecule has 3 nitrogen and oxygen atoms in total. The average Bonchev–Trinajstić information content (AvgIpc) is 4.08. The zero-order valence-corrected chi connectivity index (χ0v) is 42.3. The molecule has 3 heteroatoms. The zero-order chi connectivity index (χ0) is 50.5. The Morgan fingerprint density at radius 3 is 0.573 bits per heavy atom. The van der Waals surface area contributed by atoms with Crippen molar-refractivity contribution in [3.63, 3.8) is 0 Å². The average molecular weight is 964 g/mol. The Kier molecular flexibility index (Phi) is 11.2. The third kappa shape index (κ3) is 6.60. The number of hydrogen-bond acceptors (Lipinski definition) is 3. The molecule has 0 atom stereocenters. The summed E-state index contributed by atoms with van der Waals surface area (Å²) >= 11 is 0. The van der Waals surface area contributed by atoms with Gasteiger partial charge in [0.25, 0.3) is 0 Å². The van der Waals surface area contributed by atoms with Crippen molar-refractivity contribution < 1.29 is 0 Å². The van der Waals surface area contributed by atoms with Crippen LogP contribution in [0.3, 0.4) is 0 Å². The summed E-state index contributed by atoms with van der Waals surface area (Å²) in [6.07, 6.45) is 0. The topological polar surface area (TPSA) is 9.72 Å². The molecule has 2 heterocycles. The number of benzene rings is 11. The van der Waals surface area contributed by atoms with Crippen LogP contribution in [0.5, 0.6) is 0 Å². The molecule has 0 saturated heterocycles. The summed E-state index contributed by atoms with van der Waals surface area (Å²) in [6.45, 7) is 0. The second-order valence-corrected chi connectivity index (χ2v) is 20.1. The van der Waals surface area contributed by atoms with E-state index in [-0.39, 0.29) is 0 Å². The van der Waals surface area contributed by atoms with Crippen molar-refractivity contribution in [3.05, 3.63) is 376 Å². The minimum atomic E-state index is -0.868. The zero-order valence-electron chi connectivity index (χ0n) is 42.3. The van der Waals surface area contributed by atoms with E-state index in [2.05, 4.69) is 338 Å². The van der Waals surface area contributed by atoms with Gasteiger partial charge < -0.3 is 14.7 Å². The van der Waals surface area contributed by atoms with Crippen molar-refractivity contribution >= 4 is 17.1 Å². The van der Waals surface area contributed by atoms with Crippen molar-refractivity contribution in [1.29, 1.82) is 0 Å². The molecule has 11 aromatic rings. The highest BCUT2D eigenvalue weighted by Crippen LogP contribution is 2.66. The standard InChI is InChI=1S/C72H57N3/c1-73(2)62-51-63(74-69(54-31-11-3-12-32-54,55-33-13-4-14-34-55)65-47-27-28-48-66(65)70(74,56-35-15-5-16-36-56)57-37-17-6-18-38-57)53-64(52-62)75-71(58-39-19-7-20-40-58,59-41-21-8-22-42-59)67-49-29-30-50-68(67)72(75,60-43-23-9-24-44-60)61-45-25-10-26-46-61/h3-53H,1-2H3. The molecular weight excluding hydrogens is 907 g/mol. The minimum Gasteiger partial charge on any atom is -0.378 e. The molecular formula is C72H57N3. The second-order valence-electron chi connectivity index (χ2n) is 20.1. The highest BCUT2D eigenvalue weighted by atomic mass is 15.3. The van der Waals surface area contributed by atoms with Crippen LogP contribution >= 0.6 is 0 Å². The van der Waals surface area contributed by atoms with Gasteiger partial charge in [-0.15, -0.1) is 0 Å². The summed E-state index contributed by atoms with van der Waals surface area (Å²) in [5, 5.41) is 0. The van der Waals surface area contributed by atoms with Crippen LogP contribution < -0.4 is 14.7 Å². The Bertz CT molecular complexity index is 3110. The maximum Gasteiger partial charge on any atom is 0.118 e. The van der Waals surface area contributed by atoms with Crippen LogP contribution in [0.2, 0.25) is 0 Å². The number of nitrogens with zero attached hydrogens (tertiary/aromatic N) is 3. The predicted octanol–water partition coefficient (Wildman–Crippen LogP) is 16.0. The Labute approximate surface area is 441 Å².